The Balaban J connectivity index is 0.894. The van der Waals surface area contributed by atoms with E-state index in [2.05, 4.69) is 81.0 Å². The number of fused-ring (bicyclic) bond motifs is 4. The number of nitrogens with zero attached hydrogens (tertiary/aromatic N) is 8. The molecule has 3 saturated heterocycles. The van der Waals surface area contributed by atoms with Crippen LogP contribution in [0.4, 0.5) is 31.7 Å². The van der Waals surface area contributed by atoms with E-state index in [9.17, 15) is 37.9 Å². The smallest absolute Gasteiger partial charge is 0.445 e. The molecule has 37 heteroatoms. The summed E-state index contributed by atoms with van der Waals surface area (Å²) in [6.07, 6.45) is -6.67. The molecular formula is C47H64N16O17P2S2. The molecule has 3 aliphatic rings. The minimum absolute atomic E-state index is 0.000623. The minimum atomic E-state index is -4.51. The van der Waals surface area contributed by atoms with Crippen LogP contribution in [0.1, 0.15) is 78.3 Å². The van der Waals surface area contributed by atoms with Crippen LogP contribution in [0, 0.1) is 5.92 Å². The molecule has 1 aromatic carbocycles. The zero-order valence-electron chi connectivity index (χ0n) is 45.7. The number of anilines is 3. The van der Waals surface area contributed by atoms with Gasteiger partial charge in [0.2, 0.25) is 17.7 Å². The number of carbonyl (C=O) groups excluding carboxylic acids is 6. The molecule has 0 aliphatic carbocycles. The summed E-state index contributed by atoms with van der Waals surface area (Å²) in [5, 5.41) is 13.2. The SMILES string of the molecule is CCC(=O)N[C@H](C(=O)N[C@@H](CCCNC(N)=O)C(=O)Nc1ccc(COC(=O)N[C@H](C)[C@@H](C)OC(=O)O[C@@H]2[C@@H]3O[P@](=O)(S)OC[C@H]4O[C@@H](n5cnc6c(N)ncnc65)C[C@@H]4O[P@](=O)(S)OCC3O[C@H]2n2cnc3c(N)ncnc32)cc1)C(C)C. The molecule has 1 unspecified atom stereocenters. The number of hydrogen-bond donors (Lipinski definition) is 10. The summed E-state index contributed by atoms with van der Waals surface area (Å²) >= 11 is 8.52. The number of urea groups is 1. The van der Waals surface area contributed by atoms with Gasteiger partial charge in [0, 0.05) is 25.1 Å². The molecule has 8 rings (SSSR count). The van der Waals surface area contributed by atoms with Gasteiger partial charge in [-0.1, -0.05) is 57.4 Å². The lowest BCUT2D eigenvalue weighted by Crippen LogP contribution is -2.54. The maximum atomic E-state index is 14.2. The number of imidazole rings is 2. The molecular weight excluding hydrogens is 1190 g/mol. The number of hydrogen-bond acceptors (Lipinski definition) is 25. The number of nitrogens with two attached hydrogens (primary N) is 3. The van der Waals surface area contributed by atoms with Crippen LogP contribution in [0.2, 0.25) is 0 Å². The van der Waals surface area contributed by atoms with E-state index in [4.69, 9.17) is 59.0 Å². The molecule has 7 heterocycles. The van der Waals surface area contributed by atoms with E-state index in [-0.39, 0.29) is 73.5 Å². The maximum absolute atomic E-state index is 14.2. The van der Waals surface area contributed by atoms with Gasteiger partial charge >= 0.3 is 31.9 Å². The molecule has 33 nitrogen and oxygen atoms in total. The normalized spacial score (nSPS) is 25.8. The van der Waals surface area contributed by atoms with Crippen molar-refractivity contribution >= 4 is 114 Å². The van der Waals surface area contributed by atoms with Crippen molar-refractivity contribution in [2.24, 2.45) is 11.7 Å². The van der Waals surface area contributed by atoms with E-state index < -0.39 is 124 Å². The van der Waals surface area contributed by atoms with Crippen LogP contribution in [0.15, 0.2) is 49.6 Å². The number of nitrogen functional groups attached to an aromatic ring is 2. The van der Waals surface area contributed by atoms with Crippen LogP contribution < -0.4 is 43.8 Å². The number of alkyl carbamates (subject to hydrolysis) is 1. The van der Waals surface area contributed by atoms with E-state index in [1.54, 1.807) is 49.6 Å². The van der Waals surface area contributed by atoms with E-state index in [1.807, 2.05) is 0 Å². The fraction of sp³-hybridized carbons (Fsp3) is 0.532. The summed E-state index contributed by atoms with van der Waals surface area (Å²) in [4.78, 5) is 102. The predicted octanol–water partition coefficient (Wildman–Crippen LogP) is 3.56. The van der Waals surface area contributed by atoms with Gasteiger partial charge in [0.05, 0.1) is 31.9 Å². The second-order valence-corrected chi connectivity index (χ2v) is 25.6. The monoisotopic (exact) mass is 1250 g/mol. The van der Waals surface area contributed by atoms with E-state index >= 15 is 0 Å². The van der Waals surface area contributed by atoms with Gasteiger partial charge in [-0.3, -0.25) is 41.6 Å². The molecule has 0 bridgehead atoms. The van der Waals surface area contributed by atoms with Crippen LogP contribution in [0.3, 0.4) is 0 Å². The number of thiol groups is 2. The van der Waals surface area contributed by atoms with Gasteiger partial charge in [0.15, 0.2) is 35.3 Å². The number of carbonyl (C=O) groups is 6. The molecule has 0 spiro atoms. The van der Waals surface area contributed by atoms with Crippen molar-refractivity contribution in [2.75, 3.05) is 36.5 Å². The van der Waals surface area contributed by atoms with Crippen molar-refractivity contribution in [2.45, 2.75) is 134 Å². The van der Waals surface area contributed by atoms with Crippen LogP contribution in [-0.2, 0) is 71.9 Å². The largest absolute Gasteiger partial charge is 0.509 e. The summed E-state index contributed by atoms with van der Waals surface area (Å²) < 4.78 is 84.2. The average Bonchev–Trinajstić information content (AvgIpc) is 2.30. The molecule has 3 aliphatic heterocycles. The Bertz CT molecular complexity index is 3310. The Morgan fingerprint density at radius 2 is 1.42 bits per heavy atom. The fourth-order valence-electron chi connectivity index (χ4n) is 8.97. The summed E-state index contributed by atoms with van der Waals surface area (Å²) in [6, 6.07) is 2.63. The average molecular weight is 1250 g/mol. The Labute approximate surface area is 489 Å². The van der Waals surface area contributed by atoms with E-state index in [0.717, 1.165) is 6.33 Å². The molecule has 0 saturated carbocycles. The second kappa shape index (κ2) is 27.4. The first-order valence-corrected chi connectivity index (χ1v) is 31.6. The summed E-state index contributed by atoms with van der Waals surface area (Å²) in [5.74, 6) is -1.65. The fourth-order valence-corrected chi connectivity index (χ4v) is 12.0. The van der Waals surface area contributed by atoms with Crippen molar-refractivity contribution in [1.82, 2.24) is 60.3 Å². The van der Waals surface area contributed by atoms with Gasteiger partial charge in [-0.05, 0) is 50.3 Å². The summed E-state index contributed by atoms with van der Waals surface area (Å²) in [5.41, 5.74) is 19.0. The lowest BCUT2D eigenvalue weighted by Gasteiger charge is -2.29. The Morgan fingerprint density at radius 3 is 2.06 bits per heavy atom. The third-order valence-electron chi connectivity index (χ3n) is 13.5. The topological polar surface area (TPSA) is 445 Å². The molecule has 11 N–H and O–H groups in total. The number of rotatable bonds is 19. The highest BCUT2D eigenvalue weighted by atomic mass is 32.7. The zero-order valence-corrected chi connectivity index (χ0v) is 49.3. The van der Waals surface area contributed by atoms with Gasteiger partial charge in [-0.25, -0.2) is 53.4 Å². The van der Waals surface area contributed by atoms with Crippen LogP contribution in [-0.4, -0.2) is 150 Å². The minimum Gasteiger partial charge on any atom is -0.445 e. The van der Waals surface area contributed by atoms with Gasteiger partial charge in [-0.2, -0.15) is 0 Å². The molecule has 6 amide bonds. The van der Waals surface area contributed by atoms with Crippen molar-refractivity contribution in [3.05, 3.63) is 55.1 Å². The van der Waals surface area contributed by atoms with Crippen molar-refractivity contribution < 1.29 is 79.7 Å². The molecule has 456 valence electrons. The molecule has 3 fully saturated rings. The first-order valence-electron chi connectivity index (χ1n) is 26.2. The second-order valence-electron chi connectivity index (χ2n) is 19.8. The molecule has 5 aromatic rings. The number of amides is 6. The zero-order chi connectivity index (χ0) is 60.6. The van der Waals surface area contributed by atoms with Crippen molar-refractivity contribution in [3.8, 4) is 0 Å². The summed E-state index contributed by atoms with van der Waals surface area (Å²) in [7, 11) is 0. The van der Waals surface area contributed by atoms with Gasteiger partial charge in [0.25, 0.3) is 0 Å². The Hall–Kier alpha value is -6.94. The third kappa shape index (κ3) is 15.9. The first-order chi connectivity index (χ1) is 39.9. The lowest BCUT2D eigenvalue weighted by molar-refractivity contribution is -0.132. The number of benzene rings is 1. The predicted molar refractivity (Wildman–Crippen MR) is 301 cm³/mol. The Morgan fingerprint density at radius 1 is 0.786 bits per heavy atom. The highest BCUT2D eigenvalue weighted by Crippen LogP contribution is 2.60. The molecule has 13 atom stereocenters. The summed E-state index contributed by atoms with van der Waals surface area (Å²) in [6.45, 7) is -1.95. The molecule has 0 radical (unpaired) electrons. The first kappa shape index (κ1) is 63.1. The van der Waals surface area contributed by atoms with Crippen LogP contribution in [0.25, 0.3) is 22.3 Å². The number of primary amides is 1. The maximum Gasteiger partial charge on any atom is 0.509 e. The molecule has 4 aromatic heterocycles. The highest BCUT2D eigenvalue weighted by molar-refractivity contribution is 8.44. The number of ether oxygens (including phenoxy) is 5. The van der Waals surface area contributed by atoms with Crippen molar-refractivity contribution in [1.29, 1.82) is 0 Å². The van der Waals surface area contributed by atoms with Gasteiger partial charge in [-0.15, -0.1) is 0 Å². The van der Waals surface area contributed by atoms with E-state index in [0.29, 0.717) is 22.4 Å². The highest BCUT2D eigenvalue weighted by Gasteiger charge is 2.54. The van der Waals surface area contributed by atoms with E-state index in [1.165, 1.54) is 37.4 Å². The molecule has 84 heavy (non-hydrogen) atoms. The van der Waals surface area contributed by atoms with Gasteiger partial charge < -0.3 is 67.5 Å². The van der Waals surface area contributed by atoms with Crippen molar-refractivity contribution in [3.63, 3.8) is 0 Å². The number of aromatic nitrogens is 8. The third-order valence-corrected chi connectivity index (χ3v) is 16.8. The number of nitrogens with one attached hydrogen (secondary N) is 5. The standard InChI is InChI=1S/C47H64N16O17P2S2/c1-6-31(64)61-33(22(2)3)43(66)60-27(8-7-13-51-45(50)67)42(65)59-26-11-9-25(10-12-26)15-72-46(68)58-23(4)24(5)75-47(69)78-37-36-30(77-44(37)63-21-57-35-39(49)53-19-55-41(35)63)17-74-81(70,83)79-28-14-32(76-29(28)16-73-82(71,84)80-36)62-20-56-34-38(48)52-18-54-40(34)62/h9-12,18-24,27-30,32-33,36-37,44H,6-8,13-17H2,1-5H3,(H,58,68)(H,59,65)(H,60,66)(H,61,64)(H,70,83)(H,71,84)(H2,48,52,54)(H2,49,53,55)(H3,50,51,67)/t23-,24-,27+,28+,29-,30?,32-,33+,36-,37-,44-,81-,82-/m1/s1. The lowest BCUT2D eigenvalue weighted by atomic mass is 10.0. The van der Waals surface area contributed by atoms with Crippen LogP contribution in [0.5, 0.6) is 0 Å². The quantitative estimate of drug-likeness (QED) is 0.0244. The van der Waals surface area contributed by atoms with Crippen LogP contribution >= 0.6 is 38.1 Å². The Kier molecular flexibility index (Phi) is 20.6. The van der Waals surface area contributed by atoms with Gasteiger partial charge in [0.1, 0.15) is 79.1 Å².